The minimum atomic E-state index is -0.392. The van der Waals surface area contributed by atoms with E-state index in [-0.39, 0.29) is 5.91 Å². The molecule has 0 radical (unpaired) electrons. The van der Waals surface area contributed by atoms with Gasteiger partial charge < -0.3 is 10.6 Å². The third kappa shape index (κ3) is 3.88. The Labute approximate surface area is 161 Å². The van der Waals surface area contributed by atoms with Gasteiger partial charge in [-0.05, 0) is 55.5 Å². The standard InChI is InChI=1S/C19H18N8O/c1-14(26-12-2-10-20-26)19(28)23-16-6-4-15(5-7-16)22-17-8-9-18(25-24-17)27-13-3-11-21-27/h2-14H,1H3,(H,22,24)(H,23,28). The van der Waals surface area contributed by atoms with E-state index in [2.05, 4.69) is 31.0 Å². The number of nitrogens with one attached hydrogen (secondary N) is 2. The number of carbonyl (C=O) groups is 1. The van der Waals surface area contributed by atoms with Crippen LogP contribution in [0.1, 0.15) is 13.0 Å². The van der Waals surface area contributed by atoms with E-state index in [0.29, 0.717) is 17.3 Å². The number of anilines is 3. The maximum Gasteiger partial charge on any atom is 0.248 e. The summed E-state index contributed by atoms with van der Waals surface area (Å²) < 4.78 is 3.25. The average Bonchev–Trinajstić information content (AvgIpc) is 3.44. The Balaban J connectivity index is 1.37. The highest BCUT2D eigenvalue weighted by Gasteiger charge is 2.14. The smallest absolute Gasteiger partial charge is 0.248 e. The monoisotopic (exact) mass is 374 g/mol. The molecule has 0 saturated carbocycles. The van der Waals surface area contributed by atoms with Crippen LogP contribution in [0.2, 0.25) is 0 Å². The van der Waals surface area contributed by atoms with Gasteiger partial charge in [0.1, 0.15) is 6.04 Å². The first kappa shape index (κ1) is 17.4. The first-order valence-corrected chi connectivity index (χ1v) is 8.70. The summed E-state index contributed by atoms with van der Waals surface area (Å²) in [6.07, 6.45) is 6.89. The highest BCUT2D eigenvalue weighted by Crippen LogP contribution is 2.18. The number of benzene rings is 1. The highest BCUT2D eigenvalue weighted by molar-refractivity contribution is 5.93. The molecule has 0 spiro atoms. The van der Waals surface area contributed by atoms with Crippen molar-refractivity contribution in [3.05, 3.63) is 73.3 Å². The summed E-state index contributed by atoms with van der Waals surface area (Å²) in [5, 5.41) is 22.5. The van der Waals surface area contributed by atoms with E-state index < -0.39 is 6.04 Å². The van der Waals surface area contributed by atoms with Crippen molar-refractivity contribution in [1.29, 1.82) is 0 Å². The van der Waals surface area contributed by atoms with Crippen molar-refractivity contribution in [1.82, 2.24) is 29.8 Å². The zero-order chi connectivity index (χ0) is 19.3. The van der Waals surface area contributed by atoms with Crippen molar-refractivity contribution in [2.24, 2.45) is 0 Å². The molecule has 0 aliphatic carbocycles. The number of amides is 1. The van der Waals surface area contributed by atoms with Gasteiger partial charge in [-0.1, -0.05) is 0 Å². The molecule has 0 saturated heterocycles. The van der Waals surface area contributed by atoms with Crippen LogP contribution < -0.4 is 10.6 Å². The lowest BCUT2D eigenvalue weighted by atomic mass is 10.2. The zero-order valence-corrected chi connectivity index (χ0v) is 15.1. The van der Waals surface area contributed by atoms with Gasteiger partial charge in [-0.15, -0.1) is 10.2 Å². The van der Waals surface area contributed by atoms with Crippen molar-refractivity contribution in [2.75, 3.05) is 10.6 Å². The first-order valence-electron chi connectivity index (χ1n) is 8.70. The Hall–Kier alpha value is -4.01. The molecule has 9 heteroatoms. The largest absolute Gasteiger partial charge is 0.339 e. The fourth-order valence-electron chi connectivity index (χ4n) is 2.58. The fourth-order valence-corrected chi connectivity index (χ4v) is 2.58. The number of hydrogen-bond acceptors (Lipinski definition) is 6. The molecule has 1 amide bonds. The van der Waals surface area contributed by atoms with Crippen molar-refractivity contribution < 1.29 is 4.79 Å². The molecule has 140 valence electrons. The lowest BCUT2D eigenvalue weighted by molar-refractivity contribution is -0.119. The molecule has 3 aromatic heterocycles. The van der Waals surface area contributed by atoms with Crippen LogP contribution in [0.4, 0.5) is 17.2 Å². The lowest BCUT2D eigenvalue weighted by Gasteiger charge is -2.13. The molecular weight excluding hydrogens is 356 g/mol. The molecule has 1 unspecified atom stereocenters. The molecule has 9 nitrogen and oxygen atoms in total. The summed E-state index contributed by atoms with van der Waals surface area (Å²) in [4.78, 5) is 12.3. The Kier molecular flexibility index (Phi) is 4.79. The number of carbonyl (C=O) groups excluding carboxylic acids is 1. The Morgan fingerprint density at radius 2 is 1.68 bits per heavy atom. The molecular formula is C19H18N8O. The van der Waals surface area contributed by atoms with E-state index in [0.717, 1.165) is 5.69 Å². The van der Waals surface area contributed by atoms with Gasteiger partial charge in [-0.2, -0.15) is 10.2 Å². The van der Waals surface area contributed by atoms with E-state index >= 15 is 0 Å². The number of nitrogens with zero attached hydrogens (tertiary/aromatic N) is 6. The van der Waals surface area contributed by atoms with E-state index in [1.165, 1.54) is 0 Å². The molecule has 0 aliphatic rings. The Bertz CT molecular complexity index is 1020. The van der Waals surface area contributed by atoms with Crippen LogP contribution in [0, 0.1) is 0 Å². The molecule has 1 atom stereocenters. The van der Waals surface area contributed by atoms with Crippen molar-refractivity contribution >= 4 is 23.1 Å². The number of aromatic nitrogens is 6. The summed E-state index contributed by atoms with van der Waals surface area (Å²) in [5.41, 5.74) is 1.54. The van der Waals surface area contributed by atoms with Crippen molar-refractivity contribution in [2.45, 2.75) is 13.0 Å². The molecule has 4 rings (SSSR count). The number of hydrogen-bond donors (Lipinski definition) is 2. The fraction of sp³-hybridized carbons (Fsp3) is 0.105. The second-order valence-corrected chi connectivity index (χ2v) is 6.08. The summed E-state index contributed by atoms with van der Waals surface area (Å²) >= 11 is 0. The molecule has 3 heterocycles. The predicted molar refractivity (Wildman–Crippen MR) is 104 cm³/mol. The summed E-state index contributed by atoms with van der Waals surface area (Å²) in [7, 11) is 0. The quantitative estimate of drug-likeness (QED) is 0.538. The van der Waals surface area contributed by atoms with Gasteiger partial charge >= 0.3 is 0 Å². The second-order valence-electron chi connectivity index (χ2n) is 6.08. The van der Waals surface area contributed by atoms with Crippen LogP contribution in [0.5, 0.6) is 0 Å². The van der Waals surface area contributed by atoms with Gasteiger partial charge in [0.25, 0.3) is 0 Å². The molecule has 28 heavy (non-hydrogen) atoms. The van der Waals surface area contributed by atoms with E-state index in [1.807, 2.05) is 42.5 Å². The lowest BCUT2D eigenvalue weighted by Crippen LogP contribution is -2.23. The van der Waals surface area contributed by atoms with Crippen LogP contribution in [0.25, 0.3) is 5.82 Å². The Morgan fingerprint density at radius 1 is 0.929 bits per heavy atom. The average molecular weight is 374 g/mol. The summed E-state index contributed by atoms with van der Waals surface area (Å²) in [6, 6.07) is 14.2. The van der Waals surface area contributed by atoms with Crippen LogP contribution in [-0.4, -0.2) is 35.7 Å². The molecule has 0 aliphatic heterocycles. The van der Waals surface area contributed by atoms with Crippen LogP contribution in [-0.2, 0) is 4.79 Å². The maximum atomic E-state index is 12.3. The third-order valence-corrected chi connectivity index (χ3v) is 4.12. The van der Waals surface area contributed by atoms with Gasteiger partial charge in [-0.25, -0.2) is 4.68 Å². The van der Waals surface area contributed by atoms with Crippen LogP contribution >= 0.6 is 0 Å². The summed E-state index contributed by atoms with van der Waals surface area (Å²) in [5.74, 6) is 1.12. The summed E-state index contributed by atoms with van der Waals surface area (Å²) in [6.45, 7) is 1.80. The molecule has 2 N–H and O–H groups in total. The first-order chi connectivity index (χ1) is 13.7. The van der Waals surface area contributed by atoms with Crippen LogP contribution in [0.3, 0.4) is 0 Å². The minimum Gasteiger partial charge on any atom is -0.339 e. The Morgan fingerprint density at radius 3 is 2.32 bits per heavy atom. The SMILES string of the molecule is CC(C(=O)Nc1ccc(Nc2ccc(-n3cccn3)nn2)cc1)n1cccn1. The van der Waals surface area contributed by atoms with Gasteiger partial charge in [0, 0.05) is 36.2 Å². The van der Waals surface area contributed by atoms with Gasteiger partial charge in [0.15, 0.2) is 11.6 Å². The maximum absolute atomic E-state index is 12.3. The second kappa shape index (κ2) is 7.70. The van der Waals surface area contributed by atoms with Crippen molar-refractivity contribution in [3.63, 3.8) is 0 Å². The predicted octanol–water partition coefficient (Wildman–Crippen LogP) is 2.80. The topological polar surface area (TPSA) is 103 Å². The van der Waals surface area contributed by atoms with Crippen molar-refractivity contribution in [3.8, 4) is 5.82 Å². The highest BCUT2D eigenvalue weighted by atomic mass is 16.2. The zero-order valence-electron chi connectivity index (χ0n) is 15.1. The normalized spacial score (nSPS) is 11.8. The van der Waals surface area contributed by atoms with Gasteiger partial charge in [0.05, 0.1) is 0 Å². The van der Waals surface area contributed by atoms with E-state index in [1.54, 1.807) is 47.1 Å². The van der Waals surface area contributed by atoms with Gasteiger partial charge in [0.2, 0.25) is 5.91 Å². The molecule has 4 aromatic rings. The van der Waals surface area contributed by atoms with Crippen LogP contribution in [0.15, 0.2) is 73.3 Å². The molecule has 1 aromatic carbocycles. The van der Waals surface area contributed by atoms with Gasteiger partial charge in [-0.3, -0.25) is 9.48 Å². The number of rotatable bonds is 6. The molecule has 0 fully saturated rings. The van der Waals surface area contributed by atoms with E-state index in [4.69, 9.17) is 0 Å². The third-order valence-electron chi connectivity index (χ3n) is 4.12. The minimum absolute atomic E-state index is 0.135. The molecule has 0 bridgehead atoms. The van der Waals surface area contributed by atoms with E-state index in [9.17, 15) is 4.79 Å².